The van der Waals surface area contributed by atoms with Gasteiger partial charge in [0.05, 0.1) is 32.5 Å². The normalized spacial score (nSPS) is 21.9. The molecule has 0 aromatic rings. The molecule has 116 valence electrons. The van der Waals surface area contributed by atoms with Crippen molar-refractivity contribution in [1.82, 2.24) is 15.5 Å². The third-order valence-corrected chi connectivity index (χ3v) is 2.93. The van der Waals surface area contributed by atoms with E-state index in [2.05, 4.69) is 10.6 Å². The molecule has 0 aromatic heterocycles. The van der Waals surface area contributed by atoms with E-state index in [9.17, 15) is 9.59 Å². The first-order valence-corrected chi connectivity index (χ1v) is 6.58. The molecule has 0 aromatic carbocycles. The Morgan fingerprint density at radius 3 is 2.75 bits per heavy atom. The molecule has 1 heterocycles. The zero-order valence-corrected chi connectivity index (χ0v) is 11.9. The first kappa shape index (κ1) is 16.7. The molecule has 3 N–H and O–H groups in total. The molecule has 8 nitrogen and oxygen atoms in total. The third kappa shape index (κ3) is 6.18. The van der Waals surface area contributed by atoms with E-state index in [0.717, 1.165) is 6.54 Å². The van der Waals surface area contributed by atoms with Crippen LogP contribution in [0, 0.1) is 5.92 Å². The van der Waals surface area contributed by atoms with E-state index in [0.29, 0.717) is 19.8 Å². The van der Waals surface area contributed by atoms with E-state index in [1.54, 1.807) is 0 Å². The molecule has 2 amide bonds. The number of nitrogens with zero attached hydrogens (tertiary/aromatic N) is 1. The Labute approximate surface area is 118 Å². The molecule has 1 rings (SSSR count). The number of carboxylic acids is 1. The highest BCUT2D eigenvalue weighted by atomic mass is 16.5. The Morgan fingerprint density at radius 2 is 2.10 bits per heavy atom. The first-order chi connectivity index (χ1) is 9.50. The largest absolute Gasteiger partial charge is 0.481 e. The van der Waals surface area contributed by atoms with Crippen molar-refractivity contribution in [3.8, 4) is 0 Å². The van der Waals surface area contributed by atoms with Crippen LogP contribution in [0.15, 0.2) is 0 Å². The fraction of sp³-hybridized carbons (Fsp3) is 0.833. The Morgan fingerprint density at radius 1 is 1.35 bits per heavy atom. The molecular formula is C12H23N3O5. The summed E-state index contributed by atoms with van der Waals surface area (Å²) in [5.74, 6) is -1.64. The van der Waals surface area contributed by atoms with Gasteiger partial charge in [-0.1, -0.05) is 0 Å². The summed E-state index contributed by atoms with van der Waals surface area (Å²) in [6.07, 6.45) is 0. The zero-order valence-electron chi connectivity index (χ0n) is 11.9. The Hall–Kier alpha value is -1.38. The molecule has 8 heteroatoms. The van der Waals surface area contributed by atoms with E-state index in [1.165, 1.54) is 0 Å². The van der Waals surface area contributed by atoms with E-state index in [4.69, 9.17) is 14.6 Å². The average molecular weight is 289 g/mol. The van der Waals surface area contributed by atoms with Gasteiger partial charge in [0.2, 0.25) is 0 Å². The van der Waals surface area contributed by atoms with Gasteiger partial charge in [-0.15, -0.1) is 0 Å². The van der Waals surface area contributed by atoms with Crippen LogP contribution in [0.25, 0.3) is 0 Å². The Bertz CT molecular complexity index is 324. The lowest BCUT2D eigenvalue weighted by molar-refractivity contribution is -0.142. The van der Waals surface area contributed by atoms with Crippen LogP contribution in [0.1, 0.15) is 0 Å². The highest BCUT2D eigenvalue weighted by Crippen LogP contribution is 2.13. The van der Waals surface area contributed by atoms with Crippen LogP contribution in [-0.4, -0.2) is 81.7 Å². The van der Waals surface area contributed by atoms with Crippen molar-refractivity contribution in [1.29, 1.82) is 0 Å². The van der Waals surface area contributed by atoms with Crippen molar-refractivity contribution in [3.63, 3.8) is 0 Å². The van der Waals surface area contributed by atoms with Gasteiger partial charge >= 0.3 is 12.0 Å². The van der Waals surface area contributed by atoms with Gasteiger partial charge in [-0.25, -0.2) is 4.79 Å². The molecule has 0 saturated carbocycles. The van der Waals surface area contributed by atoms with Crippen LogP contribution >= 0.6 is 0 Å². The summed E-state index contributed by atoms with van der Waals surface area (Å²) in [6.45, 7) is 2.59. The molecular weight excluding hydrogens is 266 g/mol. The van der Waals surface area contributed by atoms with E-state index in [-0.39, 0.29) is 13.2 Å². The molecule has 2 unspecified atom stereocenters. The summed E-state index contributed by atoms with van der Waals surface area (Å²) >= 11 is 0. The maximum atomic E-state index is 11.6. The van der Waals surface area contributed by atoms with Crippen molar-refractivity contribution in [2.24, 2.45) is 5.92 Å². The van der Waals surface area contributed by atoms with Crippen molar-refractivity contribution < 1.29 is 24.2 Å². The van der Waals surface area contributed by atoms with Gasteiger partial charge in [-0.3, -0.25) is 4.79 Å². The number of hydrogen-bond donors (Lipinski definition) is 3. The van der Waals surface area contributed by atoms with E-state index >= 15 is 0 Å². The maximum Gasteiger partial charge on any atom is 0.315 e. The summed E-state index contributed by atoms with van der Waals surface area (Å²) in [4.78, 5) is 24.5. The van der Waals surface area contributed by atoms with Crippen LogP contribution in [0.4, 0.5) is 4.79 Å². The number of nitrogens with one attached hydrogen (secondary N) is 2. The number of urea groups is 1. The summed E-state index contributed by atoms with van der Waals surface area (Å²) in [7, 11) is 3.91. The van der Waals surface area contributed by atoms with Crippen molar-refractivity contribution in [2.45, 2.75) is 6.04 Å². The monoisotopic (exact) mass is 289 g/mol. The fourth-order valence-corrected chi connectivity index (χ4v) is 1.75. The number of carbonyl (C=O) groups is 2. The van der Waals surface area contributed by atoms with Gasteiger partial charge in [0.15, 0.2) is 0 Å². The van der Waals surface area contributed by atoms with Crippen LogP contribution < -0.4 is 10.6 Å². The van der Waals surface area contributed by atoms with Crippen LogP contribution in [0.3, 0.4) is 0 Å². The highest BCUT2D eigenvalue weighted by Gasteiger charge is 2.34. The number of aliphatic carboxylic acids is 1. The SMILES string of the molecule is CN(C)CCOCCNC(=O)NC1COCC1C(=O)O. The quantitative estimate of drug-likeness (QED) is 0.494. The fourth-order valence-electron chi connectivity index (χ4n) is 1.75. The topological polar surface area (TPSA) is 100 Å². The second-order valence-corrected chi connectivity index (χ2v) is 4.90. The van der Waals surface area contributed by atoms with Crippen molar-refractivity contribution >= 4 is 12.0 Å². The number of carbonyl (C=O) groups excluding carboxylic acids is 1. The molecule has 2 atom stereocenters. The van der Waals surface area contributed by atoms with Crippen LogP contribution in [0.5, 0.6) is 0 Å². The smallest absolute Gasteiger partial charge is 0.315 e. The minimum atomic E-state index is -0.959. The number of rotatable bonds is 8. The van der Waals surface area contributed by atoms with Gasteiger partial charge in [0, 0.05) is 13.1 Å². The second-order valence-electron chi connectivity index (χ2n) is 4.90. The molecule has 0 bridgehead atoms. The number of hydrogen-bond acceptors (Lipinski definition) is 5. The van der Waals surface area contributed by atoms with Crippen LogP contribution in [-0.2, 0) is 14.3 Å². The molecule has 1 saturated heterocycles. The summed E-state index contributed by atoms with van der Waals surface area (Å²) in [5, 5.41) is 14.2. The van der Waals surface area contributed by atoms with Gasteiger partial charge in [-0.05, 0) is 14.1 Å². The van der Waals surface area contributed by atoms with E-state index in [1.807, 2.05) is 19.0 Å². The minimum Gasteiger partial charge on any atom is -0.481 e. The number of amides is 2. The van der Waals surface area contributed by atoms with Crippen molar-refractivity contribution in [2.75, 3.05) is 53.6 Å². The lowest BCUT2D eigenvalue weighted by Crippen LogP contribution is -2.47. The zero-order chi connectivity index (χ0) is 15.0. The first-order valence-electron chi connectivity index (χ1n) is 6.58. The molecule has 1 aliphatic heterocycles. The van der Waals surface area contributed by atoms with Gasteiger partial charge in [-0.2, -0.15) is 0 Å². The Kier molecular flexibility index (Phi) is 7.27. The Balaban J connectivity index is 2.10. The third-order valence-electron chi connectivity index (χ3n) is 2.93. The molecule has 0 radical (unpaired) electrons. The maximum absolute atomic E-state index is 11.6. The van der Waals surface area contributed by atoms with Crippen molar-refractivity contribution in [3.05, 3.63) is 0 Å². The summed E-state index contributed by atoms with van der Waals surface area (Å²) in [6, 6.07) is -0.884. The second kappa shape index (κ2) is 8.72. The van der Waals surface area contributed by atoms with Gasteiger partial charge < -0.3 is 30.1 Å². The predicted octanol–water partition coefficient (Wildman–Crippen LogP) is -1.04. The predicted molar refractivity (Wildman–Crippen MR) is 71.6 cm³/mol. The summed E-state index contributed by atoms with van der Waals surface area (Å²) < 4.78 is 10.4. The van der Waals surface area contributed by atoms with E-state index < -0.39 is 24.0 Å². The lowest BCUT2D eigenvalue weighted by Gasteiger charge is -2.16. The van der Waals surface area contributed by atoms with Gasteiger partial charge in [0.25, 0.3) is 0 Å². The molecule has 0 spiro atoms. The number of likely N-dealkylation sites (N-methyl/N-ethyl adjacent to an activating group) is 1. The minimum absolute atomic E-state index is 0.133. The highest BCUT2D eigenvalue weighted by molar-refractivity contribution is 5.77. The molecule has 20 heavy (non-hydrogen) atoms. The lowest BCUT2D eigenvalue weighted by atomic mass is 10.0. The molecule has 1 fully saturated rings. The standard InChI is InChI=1S/C12H23N3O5/c1-15(2)4-6-19-5-3-13-12(18)14-10-8-20-7-9(10)11(16)17/h9-10H,3-8H2,1-2H3,(H,16,17)(H2,13,14,18). The number of ether oxygens (including phenoxy) is 2. The molecule has 0 aliphatic carbocycles. The van der Waals surface area contributed by atoms with Gasteiger partial charge in [0.1, 0.15) is 5.92 Å². The van der Waals surface area contributed by atoms with Crippen LogP contribution in [0.2, 0.25) is 0 Å². The number of carboxylic acid groups (broad SMARTS) is 1. The molecule has 1 aliphatic rings. The summed E-state index contributed by atoms with van der Waals surface area (Å²) in [5.41, 5.74) is 0. The average Bonchev–Trinajstić information content (AvgIpc) is 2.81.